The molecule has 0 bridgehead atoms. The van der Waals surface area contributed by atoms with Crippen molar-refractivity contribution in [3.05, 3.63) is 53.2 Å². The number of halogens is 1. The quantitative estimate of drug-likeness (QED) is 0.159. The van der Waals surface area contributed by atoms with Crippen LogP contribution in [0.1, 0.15) is 67.7 Å². The van der Waals surface area contributed by atoms with E-state index < -0.39 is 48.0 Å². The SMILES string of the molecule is O=C(O)CC(CN1CCC(F)(CCc2ccc3c(n2)NCCC3)C1)c1cccc(OC2CCOC2)c1.O=C(O)CC(O)(CC(=O)O)C(=O)O. The highest BCUT2D eigenvalue weighted by molar-refractivity contribution is 5.88. The van der Waals surface area contributed by atoms with Crippen molar-refractivity contribution in [1.82, 2.24) is 9.88 Å². The van der Waals surface area contributed by atoms with Crippen molar-refractivity contribution in [3.8, 4) is 5.75 Å². The Morgan fingerprint density at radius 3 is 2.51 bits per heavy atom. The lowest BCUT2D eigenvalue weighted by Crippen LogP contribution is -2.42. The topological polar surface area (TPSA) is 216 Å². The molecule has 0 spiro atoms. The summed E-state index contributed by atoms with van der Waals surface area (Å²) in [6.45, 7) is 3.67. The molecule has 3 aliphatic heterocycles. The molecule has 6 N–H and O–H groups in total. The molecule has 3 unspecified atom stereocenters. The fourth-order valence-electron chi connectivity index (χ4n) is 6.30. The van der Waals surface area contributed by atoms with Crippen LogP contribution in [0.25, 0.3) is 0 Å². The number of carbonyl (C=O) groups is 4. The predicted molar refractivity (Wildman–Crippen MR) is 173 cm³/mol. The molecule has 15 heteroatoms. The number of pyridine rings is 1. The third-order valence-corrected chi connectivity index (χ3v) is 8.87. The number of benzene rings is 1. The molecule has 3 atom stereocenters. The van der Waals surface area contributed by atoms with Crippen LogP contribution in [-0.2, 0) is 36.8 Å². The lowest BCUT2D eigenvalue weighted by atomic mass is 9.94. The van der Waals surface area contributed by atoms with Crippen LogP contribution in [0.15, 0.2) is 36.4 Å². The molecule has 0 amide bonds. The molecule has 2 fully saturated rings. The number of aliphatic carboxylic acids is 4. The number of hydrogen-bond acceptors (Lipinski definition) is 10. The van der Waals surface area contributed by atoms with Crippen LogP contribution in [0.3, 0.4) is 0 Å². The summed E-state index contributed by atoms with van der Waals surface area (Å²) in [6.07, 6.45) is 2.23. The molecule has 5 rings (SSSR count). The Morgan fingerprint density at radius 2 is 1.86 bits per heavy atom. The molecule has 49 heavy (non-hydrogen) atoms. The minimum atomic E-state index is -2.74. The number of anilines is 1. The Bertz CT molecular complexity index is 1470. The molecule has 14 nitrogen and oxygen atoms in total. The smallest absolute Gasteiger partial charge is 0.336 e. The number of nitrogens with one attached hydrogen (secondary N) is 1. The van der Waals surface area contributed by atoms with Crippen LogP contribution in [0, 0.1) is 0 Å². The summed E-state index contributed by atoms with van der Waals surface area (Å²) in [5, 5.41) is 46.7. The maximum absolute atomic E-state index is 15.8. The van der Waals surface area contributed by atoms with Gasteiger partial charge in [-0.3, -0.25) is 19.3 Å². The van der Waals surface area contributed by atoms with Crippen LogP contribution in [0.4, 0.5) is 10.2 Å². The zero-order valence-electron chi connectivity index (χ0n) is 27.2. The second kappa shape index (κ2) is 16.9. The number of alkyl halides is 1. The Morgan fingerprint density at radius 1 is 1.10 bits per heavy atom. The van der Waals surface area contributed by atoms with Gasteiger partial charge in [0.25, 0.3) is 0 Å². The third-order valence-electron chi connectivity index (χ3n) is 8.87. The van der Waals surface area contributed by atoms with E-state index in [1.165, 1.54) is 5.56 Å². The average Bonchev–Trinajstić information content (AvgIpc) is 3.68. The molecule has 0 aliphatic carbocycles. The van der Waals surface area contributed by atoms with Crippen molar-refractivity contribution < 1.29 is 58.6 Å². The first-order valence-electron chi connectivity index (χ1n) is 16.3. The summed E-state index contributed by atoms with van der Waals surface area (Å²) in [5.41, 5.74) is -0.950. The highest BCUT2D eigenvalue weighted by Gasteiger charge is 2.41. The van der Waals surface area contributed by atoms with Crippen molar-refractivity contribution in [2.45, 2.75) is 81.1 Å². The summed E-state index contributed by atoms with van der Waals surface area (Å²) in [6, 6.07) is 11.8. The van der Waals surface area contributed by atoms with Gasteiger partial charge in [0.1, 0.15) is 23.3 Å². The highest BCUT2D eigenvalue weighted by Crippen LogP contribution is 2.34. The van der Waals surface area contributed by atoms with Gasteiger partial charge in [0.2, 0.25) is 0 Å². The molecule has 0 radical (unpaired) electrons. The van der Waals surface area contributed by atoms with Crippen molar-refractivity contribution in [2.75, 3.05) is 44.7 Å². The van der Waals surface area contributed by atoms with Gasteiger partial charge in [-0.25, -0.2) is 14.2 Å². The molecule has 2 aromatic rings. The van der Waals surface area contributed by atoms with Gasteiger partial charge in [0.05, 0.1) is 32.5 Å². The van der Waals surface area contributed by atoms with E-state index in [9.17, 15) is 24.3 Å². The van der Waals surface area contributed by atoms with Gasteiger partial charge in [-0.2, -0.15) is 0 Å². The van der Waals surface area contributed by atoms with Crippen LogP contribution >= 0.6 is 0 Å². The zero-order valence-corrected chi connectivity index (χ0v) is 27.2. The Kier molecular flexibility index (Phi) is 12.9. The molecular weight excluding hydrogens is 645 g/mol. The van der Waals surface area contributed by atoms with Crippen LogP contribution in [0.5, 0.6) is 5.75 Å². The molecular formula is C34H44FN3O11. The second-order valence-corrected chi connectivity index (χ2v) is 12.9. The van der Waals surface area contributed by atoms with Crippen LogP contribution in [0.2, 0.25) is 0 Å². The average molecular weight is 690 g/mol. The predicted octanol–water partition coefficient (Wildman–Crippen LogP) is 2.96. The lowest BCUT2D eigenvalue weighted by molar-refractivity contribution is -0.170. The Balaban J connectivity index is 0.000000355. The Hall–Kier alpha value is -4.34. The first-order chi connectivity index (χ1) is 23.2. The summed E-state index contributed by atoms with van der Waals surface area (Å²) in [4.78, 5) is 48.9. The summed E-state index contributed by atoms with van der Waals surface area (Å²) in [7, 11) is 0. The van der Waals surface area contributed by atoms with E-state index in [0.29, 0.717) is 52.1 Å². The number of hydrogen-bond donors (Lipinski definition) is 6. The van der Waals surface area contributed by atoms with Gasteiger partial charge in [-0.15, -0.1) is 0 Å². The molecule has 2 saturated heterocycles. The maximum Gasteiger partial charge on any atom is 0.336 e. The molecule has 1 aromatic heterocycles. The molecule has 3 aliphatic rings. The summed E-state index contributed by atoms with van der Waals surface area (Å²) < 4.78 is 27.2. The van der Waals surface area contributed by atoms with E-state index in [2.05, 4.69) is 16.3 Å². The number of aryl methyl sites for hydroxylation is 2. The van der Waals surface area contributed by atoms with Gasteiger partial charge in [0, 0.05) is 44.2 Å². The van der Waals surface area contributed by atoms with Crippen molar-refractivity contribution >= 4 is 29.7 Å². The van der Waals surface area contributed by atoms with Crippen molar-refractivity contribution in [1.29, 1.82) is 0 Å². The summed E-state index contributed by atoms with van der Waals surface area (Å²) in [5.74, 6) is -4.43. The molecule has 4 heterocycles. The number of aromatic nitrogens is 1. The Labute approximate surface area is 282 Å². The summed E-state index contributed by atoms with van der Waals surface area (Å²) >= 11 is 0. The monoisotopic (exact) mass is 689 g/mol. The van der Waals surface area contributed by atoms with Gasteiger partial charge in [-0.1, -0.05) is 18.2 Å². The first-order valence-corrected chi connectivity index (χ1v) is 16.3. The number of rotatable bonds is 15. The van der Waals surface area contributed by atoms with Crippen molar-refractivity contribution in [3.63, 3.8) is 0 Å². The zero-order chi connectivity index (χ0) is 35.6. The van der Waals surface area contributed by atoms with Crippen molar-refractivity contribution in [2.24, 2.45) is 0 Å². The minimum Gasteiger partial charge on any atom is -0.488 e. The number of ether oxygens (including phenoxy) is 2. The van der Waals surface area contributed by atoms with E-state index in [0.717, 1.165) is 48.6 Å². The second-order valence-electron chi connectivity index (χ2n) is 12.9. The van der Waals surface area contributed by atoms with Gasteiger partial charge >= 0.3 is 23.9 Å². The van der Waals surface area contributed by atoms with Crippen LogP contribution in [-0.4, -0.2) is 116 Å². The van der Waals surface area contributed by atoms with E-state index >= 15 is 4.39 Å². The fourth-order valence-corrected chi connectivity index (χ4v) is 6.30. The molecule has 0 saturated carbocycles. The number of fused-ring (bicyclic) bond motifs is 1. The minimum absolute atomic E-state index is 0.00216. The normalized spacial score (nSPS) is 21.1. The van der Waals surface area contributed by atoms with Crippen LogP contribution < -0.4 is 10.1 Å². The highest BCUT2D eigenvalue weighted by atomic mass is 19.1. The largest absolute Gasteiger partial charge is 0.488 e. The van der Waals surface area contributed by atoms with E-state index in [-0.39, 0.29) is 18.4 Å². The molecule has 268 valence electrons. The number of nitrogens with zero attached hydrogens (tertiary/aromatic N) is 2. The number of aliphatic hydroxyl groups is 1. The lowest BCUT2D eigenvalue weighted by Gasteiger charge is -2.25. The van der Waals surface area contributed by atoms with E-state index in [1.54, 1.807) is 0 Å². The number of likely N-dealkylation sites (tertiary alicyclic amines) is 1. The number of carboxylic acids is 4. The first kappa shape index (κ1) is 37.5. The van der Waals surface area contributed by atoms with E-state index in [4.69, 9.17) is 34.9 Å². The standard InChI is InChI=1S/C28H36FN3O4.C6H8O7/c29-28(10-8-23-7-6-20-4-2-12-30-27(20)31-23)11-13-32(19-28)17-22(16-26(33)34)21-3-1-5-24(15-21)36-25-9-14-35-18-25;7-3(8)1-6(13,5(11)12)2-4(9)10/h1,3,5-7,15,22,25H,2,4,8-14,16-19H2,(H,30,31)(H,33,34);13H,1-2H2,(H,7,8)(H,9,10)(H,11,12). The molecule has 1 aromatic carbocycles. The van der Waals surface area contributed by atoms with Gasteiger partial charge in [0.15, 0.2) is 5.60 Å². The van der Waals surface area contributed by atoms with Gasteiger partial charge in [-0.05, 0) is 61.4 Å². The van der Waals surface area contributed by atoms with E-state index in [1.807, 2.05) is 30.3 Å². The van der Waals surface area contributed by atoms with Gasteiger partial charge < -0.3 is 40.3 Å². The number of carboxylic acid groups (broad SMARTS) is 4. The fraction of sp³-hybridized carbons (Fsp3) is 0.559. The third kappa shape index (κ3) is 11.4. The maximum atomic E-state index is 15.8.